The molecule has 0 spiro atoms. The predicted molar refractivity (Wildman–Crippen MR) is 157 cm³/mol. The average Bonchev–Trinajstić information content (AvgIpc) is 2.93. The summed E-state index contributed by atoms with van der Waals surface area (Å²) in [6.45, 7) is -1.82. The number of likely N-dealkylation sites (N-methyl/N-ethyl adjacent to an activating group) is 2. The summed E-state index contributed by atoms with van der Waals surface area (Å²) in [6, 6.07) is 0. The first-order chi connectivity index (χ1) is 21.2. The van der Waals surface area contributed by atoms with E-state index in [2.05, 4.69) is 10.6 Å². The Hall–Kier alpha value is -3.91. The van der Waals surface area contributed by atoms with E-state index in [1.54, 1.807) is 0 Å². The molecule has 0 aromatic rings. The van der Waals surface area contributed by atoms with Crippen LogP contribution in [0.1, 0.15) is 0 Å². The highest BCUT2D eigenvalue weighted by molar-refractivity contribution is 5.86. The summed E-state index contributed by atoms with van der Waals surface area (Å²) in [5.41, 5.74) is 0. The molecular weight excluding hydrogens is 602 g/mol. The zero-order valence-electron chi connectivity index (χ0n) is 26.4. The van der Waals surface area contributed by atoms with Crippen LogP contribution in [-0.2, 0) is 43.0 Å². The highest BCUT2D eigenvalue weighted by Crippen LogP contribution is 2.00. The van der Waals surface area contributed by atoms with Crippen LogP contribution in [0.4, 0.5) is 0 Å². The molecular formula is C26H47N7O12. The fraction of sp³-hybridized carbons (Fsp3) is 0.731. The number of nitrogens with one attached hydrogen (secondary N) is 2. The van der Waals surface area contributed by atoms with Crippen LogP contribution in [0, 0.1) is 0 Å². The van der Waals surface area contributed by atoms with Gasteiger partial charge in [-0.25, -0.2) is 0 Å². The second-order valence-corrected chi connectivity index (χ2v) is 10.1. The lowest BCUT2D eigenvalue weighted by atomic mass is 10.3. The van der Waals surface area contributed by atoms with E-state index in [4.69, 9.17) is 9.47 Å². The first-order valence-electron chi connectivity index (χ1n) is 14.0. The molecule has 0 fully saturated rings. The Balaban J connectivity index is 5.28. The quantitative estimate of drug-likeness (QED) is 0.0556. The summed E-state index contributed by atoms with van der Waals surface area (Å²) in [6.07, 6.45) is 0. The molecule has 4 amide bonds. The third-order valence-electron chi connectivity index (χ3n) is 6.13. The highest BCUT2D eigenvalue weighted by atomic mass is 16.5. The van der Waals surface area contributed by atoms with Crippen molar-refractivity contribution in [1.29, 1.82) is 0 Å². The van der Waals surface area contributed by atoms with Crippen LogP contribution in [0.5, 0.6) is 0 Å². The number of carboxylic acid groups (broad SMARTS) is 3. The van der Waals surface area contributed by atoms with Gasteiger partial charge in [0, 0.05) is 67.6 Å². The summed E-state index contributed by atoms with van der Waals surface area (Å²) in [4.78, 5) is 90.0. The van der Waals surface area contributed by atoms with Gasteiger partial charge in [-0.05, 0) is 0 Å². The molecule has 19 nitrogen and oxygen atoms in total. The Morgan fingerprint density at radius 3 is 1.13 bits per heavy atom. The fourth-order valence-corrected chi connectivity index (χ4v) is 3.77. The Morgan fingerprint density at radius 2 is 0.822 bits per heavy atom. The second-order valence-electron chi connectivity index (χ2n) is 10.1. The van der Waals surface area contributed by atoms with E-state index >= 15 is 0 Å². The predicted octanol–water partition coefficient (Wildman–Crippen LogP) is -4.41. The van der Waals surface area contributed by atoms with Crippen LogP contribution in [0.3, 0.4) is 0 Å². The lowest BCUT2D eigenvalue weighted by molar-refractivity contribution is -0.142. The fourth-order valence-electron chi connectivity index (χ4n) is 3.77. The van der Waals surface area contributed by atoms with Crippen molar-refractivity contribution in [3.63, 3.8) is 0 Å². The maximum atomic E-state index is 12.7. The minimum atomic E-state index is -1.23. The van der Waals surface area contributed by atoms with E-state index < -0.39 is 61.2 Å². The van der Waals surface area contributed by atoms with Crippen LogP contribution in [0.15, 0.2) is 0 Å². The highest BCUT2D eigenvalue weighted by Gasteiger charge is 2.22. The van der Waals surface area contributed by atoms with Crippen LogP contribution < -0.4 is 10.6 Å². The van der Waals surface area contributed by atoms with Crippen molar-refractivity contribution < 1.29 is 58.4 Å². The molecule has 258 valence electrons. The smallest absolute Gasteiger partial charge is 0.317 e. The number of carbonyl (C=O) groups excluding carboxylic acids is 4. The van der Waals surface area contributed by atoms with Gasteiger partial charge in [-0.3, -0.25) is 48.3 Å². The normalized spacial score (nSPS) is 11.0. The van der Waals surface area contributed by atoms with E-state index in [9.17, 15) is 48.9 Å². The van der Waals surface area contributed by atoms with Gasteiger partial charge in [0.05, 0.1) is 59.0 Å². The average molecular weight is 650 g/mol. The van der Waals surface area contributed by atoms with Gasteiger partial charge >= 0.3 is 17.9 Å². The van der Waals surface area contributed by atoms with Gasteiger partial charge in [0.15, 0.2) is 0 Å². The molecule has 0 saturated heterocycles. The minimum absolute atomic E-state index is 0.00944. The third-order valence-corrected chi connectivity index (χ3v) is 6.13. The molecule has 0 unspecified atom stereocenters. The van der Waals surface area contributed by atoms with E-state index in [-0.39, 0.29) is 65.4 Å². The number of methoxy groups -OCH3 is 2. The topological polar surface area (TPSA) is 239 Å². The SMILES string of the molecule is COCCNC(=O)CN(C)C(=O)CN(CCN(CCN(CC(=O)O)CC(=O)N(C)CC(=O)NCCOC)CC(=O)O)CC(=O)O. The molecule has 0 aliphatic carbocycles. The van der Waals surface area contributed by atoms with Gasteiger partial charge < -0.3 is 45.2 Å². The molecule has 0 aromatic heterocycles. The molecule has 0 aliphatic rings. The number of hydrogen-bond donors (Lipinski definition) is 5. The number of carboxylic acids is 3. The van der Waals surface area contributed by atoms with E-state index in [1.807, 2.05) is 0 Å². The zero-order chi connectivity index (χ0) is 34.4. The van der Waals surface area contributed by atoms with Crippen molar-refractivity contribution in [2.24, 2.45) is 0 Å². The summed E-state index contributed by atoms with van der Waals surface area (Å²) in [7, 11) is 5.72. The molecule has 0 saturated carbocycles. The number of aliphatic carboxylic acids is 3. The molecule has 0 bridgehead atoms. The largest absolute Gasteiger partial charge is 0.480 e. The maximum absolute atomic E-state index is 12.7. The van der Waals surface area contributed by atoms with Gasteiger partial charge in [-0.1, -0.05) is 0 Å². The summed E-state index contributed by atoms with van der Waals surface area (Å²) >= 11 is 0. The summed E-state index contributed by atoms with van der Waals surface area (Å²) < 4.78 is 9.69. The van der Waals surface area contributed by atoms with Gasteiger partial charge in [0.2, 0.25) is 23.6 Å². The van der Waals surface area contributed by atoms with Crippen LogP contribution in [0.2, 0.25) is 0 Å². The van der Waals surface area contributed by atoms with Gasteiger partial charge in [0.25, 0.3) is 0 Å². The van der Waals surface area contributed by atoms with Crippen molar-refractivity contribution in [1.82, 2.24) is 35.1 Å². The number of amides is 4. The number of ether oxygens (including phenoxy) is 2. The standard InChI is InChI=1S/C26H47N7O12/c1-29(13-20(34)27-5-11-44-3)22(36)15-32(18-25(40)41)9-7-31(17-24(38)39)8-10-33(19-26(42)43)16-23(37)30(2)14-21(35)28-6-12-45-4/h5-19H2,1-4H3,(H,27,34)(H,28,35)(H,38,39)(H,40,41)(H,42,43). The van der Waals surface area contributed by atoms with Crippen LogP contribution in [-0.4, -0.2) is 208 Å². The molecule has 0 atom stereocenters. The number of nitrogens with zero attached hydrogens (tertiary/aromatic N) is 5. The Morgan fingerprint density at radius 1 is 0.511 bits per heavy atom. The first kappa shape index (κ1) is 41.1. The van der Waals surface area contributed by atoms with Crippen molar-refractivity contribution >= 4 is 41.5 Å². The number of hydrogen-bond acceptors (Lipinski definition) is 12. The van der Waals surface area contributed by atoms with Crippen LogP contribution in [0.25, 0.3) is 0 Å². The molecule has 5 N–H and O–H groups in total. The van der Waals surface area contributed by atoms with Gasteiger partial charge in [0.1, 0.15) is 0 Å². The van der Waals surface area contributed by atoms with E-state index in [0.29, 0.717) is 13.2 Å². The Labute approximate surface area is 262 Å². The van der Waals surface area contributed by atoms with Crippen LogP contribution >= 0.6 is 0 Å². The molecule has 0 aliphatic heterocycles. The number of rotatable bonds is 26. The second kappa shape index (κ2) is 23.5. The van der Waals surface area contributed by atoms with Gasteiger partial charge in [-0.2, -0.15) is 0 Å². The summed E-state index contributed by atoms with van der Waals surface area (Å²) in [5.74, 6) is -5.58. The van der Waals surface area contributed by atoms with Crippen molar-refractivity contribution in [3.05, 3.63) is 0 Å². The molecule has 0 rings (SSSR count). The van der Waals surface area contributed by atoms with E-state index in [0.717, 1.165) is 9.80 Å². The molecule has 45 heavy (non-hydrogen) atoms. The molecule has 0 heterocycles. The lowest BCUT2D eigenvalue weighted by Crippen LogP contribution is -2.48. The zero-order valence-corrected chi connectivity index (χ0v) is 26.4. The van der Waals surface area contributed by atoms with Gasteiger partial charge in [-0.15, -0.1) is 0 Å². The molecule has 0 aromatic carbocycles. The monoisotopic (exact) mass is 649 g/mol. The Bertz CT molecular complexity index is 916. The molecule has 0 radical (unpaired) electrons. The first-order valence-corrected chi connectivity index (χ1v) is 14.0. The van der Waals surface area contributed by atoms with Crippen molar-refractivity contribution in [2.45, 2.75) is 0 Å². The molecule has 19 heteroatoms. The van der Waals surface area contributed by atoms with Crippen molar-refractivity contribution in [2.75, 3.05) is 127 Å². The maximum Gasteiger partial charge on any atom is 0.317 e. The Kier molecular flexibility index (Phi) is 21.4. The minimum Gasteiger partial charge on any atom is -0.480 e. The third kappa shape index (κ3) is 21.4. The van der Waals surface area contributed by atoms with E-state index in [1.165, 1.54) is 43.0 Å². The summed E-state index contributed by atoms with van der Waals surface area (Å²) in [5, 5.41) is 33.2. The van der Waals surface area contributed by atoms with Crippen molar-refractivity contribution in [3.8, 4) is 0 Å². The number of carbonyl (C=O) groups is 7. The lowest BCUT2D eigenvalue weighted by Gasteiger charge is -2.29.